The van der Waals surface area contributed by atoms with Gasteiger partial charge in [0.15, 0.2) is 0 Å². The van der Waals surface area contributed by atoms with Gasteiger partial charge in [0.2, 0.25) is 0 Å². The summed E-state index contributed by atoms with van der Waals surface area (Å²) >= 11 is 0. The first kappa shape index (κ1) is 10.3. The predicted octanol–water partition coefficient (Wildman–Crippen LogP) is 2.44. The molecule has 0 fully saturated rings. The second-order valence-electron chi connectivity index (χ2n) is 4.49. The van der Waals surface area contributed by atoms with Crippen LogP contribution in [0.5, 0.6) is 0 Å². The van der Waals surface area contributed by atoms with Crippen LogP contribution in [-0.4, -0.2) is 10.2 Å². The van der Waals surface area contributed by atoms with E-state index < -0.39 is 0 Å². The first-order valence-electron chi connectivity index (χ1n) is 4.74. The summed E-state index contributed by atoms with van der Waals surface area (Å²) < 4.78 is 0. The van der Waals surface area contributed by atoms with E-state index in [0.717, 1.165) is 10.2 Å². The van der Waals surface area contributed by atoms with E-state index in [4.69, 9.17) is 0 Å². The van der Waals surface area contributed by atoms with Gasteiger partial charge in [0.25, 0.3) is 0 Å². The fourth-order valence-electron chi connectivity index (χ4n) is 1.02. The first-order valence-corrected chi connectivity index (χ1v) is 5.74. The molecule has 0 saturated heterocycles. The molecule has 0 unspecified atom stereocenters. The third-order valence-electron chi connectivity index (χ3n) is 2.37. The SMILES string of the molecule is CC(C)(C)C([SiH3])=Cc1ccccc1. The molecule has 0 N–H and O–H groups in total. The van der Waals surface area contributed by atoms with Crippen molar-refractivity contribution in [3.8, 4) is 0 Å². The zero-order chi connectivity index (χ0) is 9.90. The summed E-state index contributed by atoms with van der Waals surface area (Å²) in [5.74, 6) is 0. The van der Waals surface area contributed by atoms with Crippen LogP contribution in [0, 0.1) is 5.41 Å². The van der Waals surface area contributed by atoms with Crippen molar-refractivity contribution in [2.24, 2.45) is 5.41 Å². The van der Waals surface area contributed by atoms with Crippen LogP contribution in [0.3, 0.4) is 0 Å². The van der Waals surface area contributed by atoms with Crippen molar-refractivity contribution >= 4 is 16.3 Å². The monoisotopic (exact) mass is 190 g/mol. The zero-order valence-corrected chi connectivity index (χ0v) is 11.0. The molecule has 0 aliphatic carbocycles. The largest absolute Gasteiger partial charge is 0.0860 e. The minimum absolute atomic E-state index is 0.335. The number of allylic oxidation sites excluding steroid dienone is 1. The van der Waals surface area contributed by atoms with Gasteiger partial charge in [-0.3, -0.25) is 0 Å². The lowest BCUT2D eigenvalue weighted by atomic mass is 9.94. The van der Waals surface area contributed by atoms with E-state index in [1.807, 2.05) is 0 Å². The second kappa shape index (κ2) is 3.92. The Bertz CT molecular complexity index is 291. The van der Waals surface area contributed by atoms with Crippen molar-refractivity contribution in [3.05, 3.63) is 41.1 Å². The third-order valence-corrected chi connectivity index (χ3v) is 4.15. The molecule has 0 nitrogen and oxygen atoms in total. The fraction of sp³-hybridized carbons (Fsp3) is 0.333. The smallest absolute Gasteiger partial charge is 0.0340 e. The van der Waals surface area contributed by atoms with Gasteiger partial charge in [0.05, 0.1) is 0 Å². The molecule has 1 heteroatoms. The lowest BCUT2D eigenvalue weighted by molar-refractivity contribution is 0.533. The van der Waals surface area contributed by atoms with Crippen LogP contribution in [0.2, 0.25) is 0 Å². The zero-order valence-electron chi connectivity index (χ0n) is 8.96. The number of rotatable bonds is 1. The summed E-state index contributed by atoms with van der Waals surface area (Å²) in [5.41, 5.74) is 1.66. The minimum atomic E-state index is 0.335. The van der Waals surface area contributed by atoms with E-state index in [1.165, 1.54) is 5.56 Å². The van der Waals surface area contributed by atoms with E-state index in [-0.39, 0.29) is 0 Å². The Labute approximate surface area is 84.1 Å². The molecule has 13 heavy (non-hydrogen) atoms. The highest BCUT2D eigenvalue weighted by Crippen LogP contribution is 2.24. The van der Waals surface area contributed by atoms with E-state index in [0.29, 0.717) is 5.41 Å². The van der Waals surface area contributed by atoms with Crippen LogP contribution in [0.25, 0.3) is 6.08 Å². The van der Waals surface area contributed by atoms with Gasteiger partial charge >= 0.3 is 0 Å². The number of benzene rings is 1. The Morgan fingerprint density at radius 2 is 1.69 bits per heavy atom. The van der Waals surface area contributed by atoms with Crippen LogP contribution >= 0.6 is 0 Å². The van der Waals surface area contributed by atoms with Crippen molar-refractivity contribution < 1.29 is 0 Å². The Morgan fingerprint density at radius 1 is 1.15 bits per heavy atom. The highest BCUT2D eigenvalue weighted by atomic mass is 28.1. The molecule has 0 aliphatic rings. The molecule has 70 valence electrons. The molecule has 1 aromatic rings. The summed E-state index contributed by atoms with van der Waals surface area (Å²) in [7, 11) is 1.14. The van der Waals surface area contributed by atoms with Crippen LogP contribution in [-0.2, 0) is 0 Å². The highest BCUT2D eigenvalue weighted by Gasteiger charge is 2.11. The molecular weight excluding hydrogens is 172 g/mol. The number of hydrogen-bond acceptors (Lipinski definition) is 0. The summed E-state index contributed by atoms with van der Waals surface area (Å²) in [6, 6.07) is 10.5. The topological polar surface area (TPSA) is 0 Å². The maximum atomic E-state index is 2.31. The van der Waals surface area contributed by atoms with E-state index in [2.05, 4.69) is 57.2 Å². The van der Waals surface area contributed by atoms with Gasteiger partial charge in [-0.1, -0.05) is 62.4 Å². The summed E-state index contributed by atoms with van der Waals surface area (Å²) in [6.45, 7) is 6.82. The molecule has 0 aromatic heterocycles. The van der Waals surface area contributed by atoms with Crippen molar-refractivity contribution in [2.45, 2.75) is 20.8 Å². The van der Waals surface area contributed by atoms with Gasteiger partial charge in [0.1, 0.15) is 0 Å². The van der Waals surface area contributed by atoms with Crippen LogP contribution in [0.15, 0.2) is 35.5 Å². The quantitative estimate of drug-likeness (QED) is 0.597. The van der Waals surface area contributed by atoms with Gasteiger partial charge in [-0.05, 0) is 11.0 Å². The molecule has 0 atom stereocenters. The standard InChI is InChI=1S/C12H18Si/c1-12(2,3)11(13)9-10-7-5-4-6-8-10/h4-9H,1-3,13H3. The van der Waals surface area contributed by atoms with Crippen molar-refractivity contribution in [2.75, 3.05) is 0 Å². The van der Waals surface area contributed by atoms with Crippen molar-refractivity contribution in [1.82, 2.24) is 0 Å². The third kappa shape index (κ3) is 3.19. The second-order valence-corrected chi connectivity index (χ2v) is 5.57. The predicted molar refractivity (Wildman–Crippen MR) is 63.8 cm³/mol. The van der Waals surface area contributed by atoms with Gasteiger partial charge in [-0.25, -0.2) is 0 Å². The molecule has 0 heterocycles. The average molecular weight is 190 g/mol. The Morgan fingerprint density at radius 3 is 2.15 bits per heavy atom. The van der Waals surface area contributed by atoms with Crippen molar-refractivity contribution in [1.29, 1.82) is 0 Å². The van der Waals surface area contributed by atoms with Gasteiger partial charge in [-0.15, -0.1) is 0 Å². The Kier molecular flexibility index (Phi) is 3.10. The van der Waals surface area contributed by atoms with Crippen LogP contribution in [0.1, 0.15) is 26.3 Å². The molecular formula is C12H18Si. The summed E-state index contributed by atoms with van der Waals surface area (Å²) in [6.07, 6.45) is 2.31. The molecule has 1 aromatic carbocycles. The van der Waals surface area contributed by atoms with Gasteiger partial charge in [-0.2, -0.15) is 0 Å². The van der Waals surface area contributed by atoms with Crippen LogP contribution in [0.4, 0.5) is 0 Å². The molecule has 0 saturated carbocycles. The van der Waals surface area contributed by atoms with E-state index in [9.17, 15) is 0 Å². The lowest BCUT2D eigenvalue weighted by Crippen LogP contribution is -2.08. The number of hydrogen-bond donors (Lipinski definition) is 0. The maximum absolute atomic E-state index is 2.31. The minimum Gasteiger partial charge on any atom is -0.0860 e. The summed E-state index contributed by atoms with van der Waals surface area (Å²) in [4.78, 5) is 0. The van der Waals surface area contributed by atoms with Gasteiger partial charge in [0, 0.05) is 10.2 Å². The molecule has 0 aliphatic heterocycles. The van der Waals surface area contributed by atoms with Crippen LogP contribution < -0.4 is 0 Å². The first-order chi connectivity index (χ1) is 6.00. The molecule has 0 spiro atoms. The lowest BCUT2D eigenvalue weighted by Gasteiger charge is -2.19. The molecule has 1 rings (SSSR count). The highest BCUT2D eigenvalue weighted by molar-refractivity contribution is 6.24. The van der Waals surface area contributed by atoms with Crippen molar-refractivity contribution in [3.63, 3.8) is 0 Å². The average Bonchev–Trinajstić information content (AvgIpc) is 2.04. The van der Waals surface area contributed by atoms with E-state index in [1.54, 1.807) is 5.20 Å². The Balaban J connectivity index is 2.90. The van der Waals surface area contributed by atoms with E-state index >= 15 is 0 Å². The normalized spacial score (nSPS) is 13.3. The summed E-state index contributed by atoms with van der Waals surface area (Å²) in [5, 5.41) is 1.55. The fourth-order valence-corrected chi connectivity index (χ4v) is 1.35. The molecule has 0 bridgehead atoms. The Hall–Kier alpha value is -0.823. The van der Waals surface area contributed by atoms with Gasteiger partial charge < -0.3 is 0 Å². The maximum Gasteiger partial charge on any atom is 0.0340 e. The molecule has 0 radical (unpaired) electrons. The molecule has 0 amide bonds.